The van der Waals surface area contributed by atoms with Crippen LogP contribution in [0.2, 0.25) is 0 Å². The average Bonchev–Trinajstić information content (AvgIpc) is 2.83. The van der Waals surface area contributed by atoms with Crippen LogP contribution in [-0.4, -0.2) is 28.5 Å². The van der Waals surface area contributed by atoms with E-state index < -0.39 is 0 Å². The van der Waals surface area contributed by atoms with Crippen molar-refractivity contribution in [3.63, 3.8) is 0 Å². The number of rotatable bonds is 5. The molecule has 3 rings (SSSR count). The summed E-state index contributed by atoms with van der Waals surface area (Å²) in [6.07, 6.45) is 7.62. The molecule has 1 heterocycles. The Balaban J connectivity index is 1.80. The Hall–Kier alpha value is -1.35. The van der Waals surface area contributed by atoms with Crippen molar-refractivity contribution in [2.45, 2.75) is 52.0 Å². The van der Waals surface area contributed by atoms with Gasteiger partial charge in [0.15, 0.2) is 0 Å². The Morgan fingerprint density at radius 3 is 2.70 bits per heavy atom. The zero-order chi connectivity index (χ0) is 13.9. The second-order valence-corrected chi connectivity index (χ2v) is 6.12. The number of aromatic nitrogens is 2. The smallest absolute Gasteiger partial charge is 0.121 e. The highest BCUT2D eigenvalue weighted by atomic mass is 15.1. The van der Waals surface area contributed by atoms with Crippen LogP contribution in [-0.2, 0) is 19.4 Å². The van der Waals surface area contributed by atoms with Crippen LogP contribution < -0.4 is 0 Å². The first-order valence-corrected chi connectivity index (χ1v) is 7.95. The number of aryl methyl sites for hydroxylation is 2. The molecule has 2 aromatic rings. The van der Waals surface area contributed by atoms with Crippen molar-refractivity contribution in [2.24, 2.45) is 0 Å². The van der Waals surface area contributed by atoms with Gasteiger partial charge in [-0.15, -0.1) is 0 Å². The predicted molar refractivity (Wildman–Crippen MR) is 84.0 cm³/mol. The molecule has 108 valence electrons. The van der Waals surface area contributed by atoms with Gasteiger partial charge in [0, 0.05) is 0 Å². The molecule has 1 aromatic heterocycles. The Morgan fingerprint density at radius 2 is 1.95 bits per heavy atom. The molecule has 0 saturated heterocycles. The number of nitrogens with zero attached hydrogens (tertiary/aromatic N) is 2. The molecule has 0 bridgehead atoms. The summed E-state index contributed by atoms with van der Waals surface area (Å²) >= 11 is 0. The predicted octanol–water partition coefficient (Wildman–Crippen LogP) is 3.67. The first-order valence-electron chi connectivity index (χ1n) is 7.95. The fraction of sp³-hybridized carbons (Fsp3) is 0.588. The lowest BCUT2D eigenvalue weighted by atomic mass is 9.91. The molecule has 0 saturated carbocycles. The van der Waals surface area contributed by atoms with Crippen LogP contribution in [0, 0.1) is 0 Å². The number of imidazole rings is 1. The Morgan fingerprint density at radius 1 is 1.20 bits per heavy atom. The maximum atomic E-state index is 4.77. The van der Waals surface area contributed by atoms with Crippen LogP contribution in [0.1, 0.15) is 49.6 Å². The van der Waals surface area contributed by atoms with E-state index in [0.29, 0.717) is 0 Å². The van der Waals surface area contributed by atoms with Crippen molar-refractivity contribution in [1.29, 1.82) is 0 Å². The maximum Gasteiger partial charge on any atom is 0.121 e. The Bertz CT molecular complexity index is 542. The number of nitrogens with one attached hydrogen (secondary N) is 1. The lowest BCUT2D eigenvalue weighted by Crippen LogP contribution is -2.19. The summed E-state index contributed by atoms with van der Waals surface area (Å²) < 4.78 is 0. The molecule has 1 aromatic carbocycles. The summed E-state index contributed by atoms with van der Waals surface area (Å²) in [5.74, 6) is 1.10. The summed E-state index contributed by atoms with van der Waals surface area (Å²) in [5.41, 5.74) is 5.40. The molecule has 3 nitrogen and oxygen atoms in total. The molecular formula is C17H25N3. The Kier molecular flexibility index (Phi) is 4.06. The van der Waals surface area contributed by atoms with Crippen molar-refractivity contribution in [1.82, 2.24) is 14.9 Å². The Labute approximate surface area is 121 Å². The van der Waals surface area contributed by atoms with Gasteiger partial charge in [-0.05, 0) is 69.0 Å². The van der Waals surface area contributed by atoms with Crippen LogP contribution in [0.5, 0.6) is 0 Å². The minimum Gasteiger partial charge on any atom is -0.341 e. The molecule has 1 N–H and O–H groups in total. The summed E-state index contributed by atoms with van der Waals surface area (Å²) in [6.45, 7) is 4.29. The van der Waals surface area contributed by atoms with Gasteiger partial charge in [0.05, 0.1) is 17.6 Å². The quantitative estimate of drug-likeness (QED) is 0.899. The minimum absolute atomic E-state index is 0.916. The SMILES string of the molecule is CCCCN(C)Cc1nc2cc3c(cc2[nH]1)CCCC3. The largest absolute Gasteiger partial charge is 0.341 e. The normalized spacial score (nSPS) is 14.9. The lowest BCUT2D eigenvalue weighted by Gasteiger charge is -2.14. The van der Waals surface area contributed by atoms with Crippen LogP contribution in [0.25, 0.3) is 11.0 Å². The van der Waals surface area contributed by atoms with Crippen molar-refractivity contribution in [3.8, 4) is 0 Å². The standard InChI is InChI=1S/C17H25N3/c1-3-4-9-20(2)12-17-18-15-10-13-7-5-6-8-14(13)11-16(15)19-17/h10-11H,3-9,12H2,1-2H3,(H,18,19). The first-order chi connectivity index (χ1) is 9.76. The molecule has 0 atom stereocenters. The topological polar surface area (TPSA) is 31.9 Å². The number of unbranched alkanes of at least 4 members (excludes halogenated alkanes) is 1. The number of benzene rings is 1. The third-order valence-electron chi connectivity index (χ3n) is 4.31. The van der Waals surface area contributed by atoms with E-state index in [1.54, 1.807) is 0 Å². The molecule has 0 aliphatic heterocycles. The van der Waals surface area contributed by atoms with E-state index in [-0.39, 0.29) is 0 Å². The van der Waals surface area contributed by atoms with Gasteiger partial charge in [-0.3, -0.25) is 4.90 Å². The van der Waals surface area contributed by atoms with Gasteiger partial charge in [-0.1, -0.05) is 13.3 Å². The molecule has 20 heavy (non-hydrogen) atoms. The maximum absolute atomic E-state index is 4.77. The number of fused-ring (bicyclic) bond motifs is 2. The number of hydrogen-bond acceptors (Lipinski definition) is 2. The van der Waals surface area contributed by atoms with Gasteiger partial charge in [0.1, 0.15) is 5.82 Å². The summed E-state index contributed by atoms with van der Waals surface area (Å²) in [5, 5.41) is 0. The van der Waals surface area contributed by atoms with Crippen LogP contribution in [0.3, 0.4) is 0 Å². The van der Waals surface area contributed by atoms with E-state index in [9.17, 15) is 0 Å². The molecular weight excluding hydrogens is 246 g/mol. The lowest BCUT2D eigenvalue weighted by molar-refractivity contribution is 0.314. The van der Waals surface area contributed by atoms with Gasteiger partial charge in [0.25, 0.3) is 0 Å². The number of H-pyrrole nitrogens is 1. The van der Waals surface area contributed by atoms with Crippen molar-refractivity contribution in [3.05, 3.63) is 29.1 Å². The van der Waals surface area contributed by atoms with Crippen LogP contribution in [0.4, 0.5) is 0 Å². The number of aromatic amines is 1. The average molecular weight is 271 g/mol. The van der Waals surface area contributed by atoms with Crippen molar-refractivity contribution in [2.75, 3.05) is 13.6 Å². The molecule has 1 aliphatic rings. The van der Waals surface area contributed by atoms with E-state index in [1.165, 1.54) is 55.2 Å². The monoisotopic (exact) mass is 271 g/mol. The van der Waals surface area contributed by atoms with Crippen molar-refractivity contribution < 1.29 is 0 Å². The van der Waals surface area contributed by atoms with Gasteiger partial charge < -0.3 is 4.98 Å². The van der Waals surface area contributed by atoms with Crippen LogP contribution >= 0.6 is 0 Å². The summed E-state index contributed by atoms with van der Waals surface area (Å²) in [6, 6.07) is 4.63. The molecule has 0 radical (unpaired) electrons. The number of hydrogen-bond donors (Lipinski definition) is 1. The second-order valence-electron chi connectivity index (χ2n) is 6.12. The fourth-order valence-electron chi connectivity index (χ4n) is 3.13. The van der Waals surface area contributed by atoms with E-state index in [0.717, 1.165) is 24.4 Å². The highest BCUT2D eigenvalue weighted by Crippen LogP contribution is 2.25. The summed E-state index contributed by atoms with van der Waals surface area (Å²) in [7, 11) is 2.17. The summed E-state index contributed by atoms with van der Waals surface area (Å²) in [4.78, 5) is 10.6. The minimum atomic E-state index is 0.916. The van der Waals surface area contributed by atoms with Crippen LogP contribution in [0.15, 0.2) is 12.1 Å². The molecule has 0 fully saturated rings. The molecule has 3 heteroatoms. The molecule has 1 aliphatic carbocycles. The van der Waals surface area contributed by atoms with Gasteiger partial charge in [0.2, 0.25) is 0 Å². The van der Waals surface area contributed by atoms with Gasteiger partial charge in [-0.25, -0.2) is 4.98 Å². The van der Waals surface area contributed by atoms with E-state index in [1.807, 2.05) is 0 Å². The third-order valence-corrected chi connectivity index (χ3v) is 4.31. The fourth-order valence-corrected chi connectivity index (χ4v) is 3.13. The highest BCUT2D eigenvalue weighted by molar-refractivity contribution is 5.77. The van der Waals surface area contributed by atoms with Gasteiger partial charge >= 0.3 is 0 Å². The third kappa shape index (κ3) is 2.88. The highest BCUT2D eigenvalue weighted by Gasteiger charge is 2.13. The molecule has 0 amide bonds. The molecule has 0 unspecified atom stereocenters. The first kappa shape index (κ1) is 13.6. The van der Waals surface area contributed by atoms with E-state index in [4.69, 9.17) is 4.98 Å². The van der Waals surface area contributed by atoms with Gasteiger partial charge in [-0.2, -0.15) is 0 Å². The van der Waals surface area contributed by atoms with E-state index >= 15 is 0 Å². The zero-order valence-electron chi connectivity index (χ0n) is 12.7. The zero-order valence-corrected chi connectivity index (χ0v) is 12.7. The molecule has 0 spiro atoms. The second kappa shape index (κ2) is 5.96. The van der Waals surface area contributed by atoms with Crippen molar-refractivity contribution >= 4 is 11.0 Å². The van der Waals surface area contributed by atoms with E-state index in [2.05, 4.69) is 36.0 Å².